The van der Waals surface area contributed by atoms with Crippen molar-refractivity contribution >= 4 is 5.91 Å². The molecular weight excluding hydrogens is 319 g/mol. The molecule has 25 heavy (non-hydrogen) atoms. The van der Waals surface area contributed by atoms with Crippen molar-refractivity contribution in [3.05, 3.63) is 48.3 Å². The number of nitrogens with zero attached hydrogens (tertiary/aromatic N) is 4. The summed E-state index contributed by atoms with van der Waals surface area (Å²) in [6.45, 7) is 1.42. The van der Waals surface area contributed by atoms with Crippen LogP contribution in [0, 0.1) is 5.82 Å². The van der Waals surface area contributed by atoms with Gasteiger partial charge in [-0.25, -0.2) is 14.1 Å². The fourth-order valence-corrected chi connectivity index (χ4v) is 4.45. The molecule has 4 rings (SSSR count). The van der Waals surface area contributed by atoms with Gasteiger partial charge in [-0.05, 0) is 43.4 Å². The molecule has 2 aromatic rings. The van der Waals surface area contributed by atoms with Gasteiger partial charge < -0.3 is 4.90 Å². The number of hydrogen-bond donors (Lipinski definition) is 0. The minimum absolute atomic E-state index is 0.153. The largest absolute Gasteiger partial charge is 0.340 e. The minimum Gasteiger partial charge on any atom is -0.340 e. The van der Waals surface area contributed by atoms with Gasteiger partial charge in [0.2, 0.25) is 5.91 Å². The van der Waals surface area contributed by atoms with Gasteiger partial charge in [-0.3, -0.25) is 4.79 Å². The van der Waals surface area contributed by atoms with Crippen LogP contribution in [0.25, 0.3) is 0 Å². The maximum Gasteiger partial charge on any atom is 0.233 e. The first-order chi connectivity index (χ1) is 12.2. The average molecular weight is 342 g/mol. The highest BCUT2D eigenvalue weighted by Gasteiger charge is 2.45. The van der Waals surface area contributed by atoms with E-state index in [-0.39, 0.29) is 17.8 Å². The molecule has 0 radical (unpaired) electrons. The molecule has 2 fully saturated rings. The highest BCUT2D eigenvalue weighted by Crippen LogP contribution is 2.43. The van der Waals surface area contributed by atoms with Crippen molar-refractivity contribution in [1.82, 2.24) is 19.7 Å². The third-order valence-electron chi connectivity index (χ3n) is 5.74. The quantitative estimate of drug-likeness (QED) is 0.861. The Balaban J connectivity index is 1.61. The fraction of sp³-hybridized carbons (Fsp3) is 0.526. The minimum atomic E-state index is -0.563. The Hall–Kier alpha value is -2.24. The van der Waals surface area contributed by atoms with Crippen molar-refractivity contribution in [2.75, 3.05) is 13.1 Å². The molecule has 2 aliphatic rings. The van der Waals surface area contributed by atoms with E-state index in [0.717, 1.165) is 50.6 Å². The number of carbonyl (C=O) groups is 1. The Morgan fingerprint density at radius 1 is 1.24 bits per heavy atom. The molecule has 5 nitrogen and oxygen atoms in total. The summed E-state index contributed by atoms with van der Waals surface area (Å²) in [6.07, 6.45) is 8.85. The van der Waals surface area contributed by atoms with Gasteiger partial charge in [-0.2, -0.15) is 5.10 Å². The van der Waals surface area contributed by atoms with E-state index in [1.54, 1.807) is 18.5 Å². The summed E-state index contributed by atoms with van der Waals surface area (Å²) in [4.78, 5) is 19.5. The lowest BCUT2D eigenvalue weighted by atomic mass is 9.77. The van der Waals surface area contributed by atoms with Gasteiger partial charge in [0.05, 0.1) is 11.5 Å². The van der Waals surface area contributed by atoms with Crippen LogP contribution in [0.5, 0.6) is 0 Å². The van der Waals surface area contributed by atoms with Crippen LogP contribution < -0.4 is 0 Å². The third-order valence-corrected chi connectivity index (χ3v) is 5.74. The smallest absolute Gasteiger partial charge is 0.233 e. The molecule has 0 spiro atoms. The van der Waals surface area contributed by atoms with E-state index in [9.17, 15) is 9.18 Å². The Morgan fingerprint density at radius 3 is 2.80 bits per heavy atom. The number of aromatic nitrogens is 3. The number of rotatable bonds is 3. The number of piperidine rings is 1. The molecule has 0 unspecified atom stereocenters. The second kappa shape index (κ2) is 6.58. The van der Waals surface area contributed by atoms with Crippen LogP contribution >= 0.6 is 0 Å². The molecule has 6 heteroatoms. The summed E-state index contributed by atoms with van der Waals surface area (Å²) in [6, 6.07) is 6.78. The zero-order chi connectivity index (χ0) is 17.3. The first kappa shape index (κ1) is 16.2. The monoisotopic (exact) mass is 342 g/mol. The zero-order valence-corrected chi connectivity index (χ0v) is 14.3. The Morgan fingerprint density at radius 2 is 2.08 bits per heavy atom. The van der Waals surface area contributed by atoms with Crippen LogP contribution in [-0.4, -0.2) is 38.7 Å². The molecule has 1 amide bonds. The normalized spacial score (nSPS) is 22.9. The molecule has 1 aliphatic carbocycles. The topological polar surface area (TPSA) is 51.0 Å². The molecule has 1 atom stereocenters. The van der Waals surface area contributed by atoms with Crippen molar-refractivity contribution < 1.29 is 9.18 Å². The van der Waals surface area contributed by atoms with Crippen molar-refractivity contribution in [1.29, 1.82) is 0 Å². The van der Waals surface area contributed by atoms with Gasteiger partial charge in [-0.15, -0.1) is 0 Å². The number of benzene rings is 1. The van der Waals surface area contributed by atoms with Gasteiger partial charge in [0.1, 0.15) is 18.5 Å². The second-order valence-corrected chi connectivity index (χ2v) is 7.22. The Labute approximate surface area is 146 Å². The third kappa shape index (κ3) is 2.94. The second-order valence-electron chi connectivity index (χ2n) is 7.22. The molecule has 1 saturated heterocycles. The van der Waals surface area contributed by atoms with Gasteiger partial charge in [0.15, 0.2) is 0 Å². The summed E-state index contributed by atoms with van der Waals surface area (Å²) < 4.78 is 15.7. The first-order valence-corrected chi connectivity index (χ1v) is 9.09. The predicted molar refractivity (Wildman–Crippen MR) is 91.4 cm³/mol. The molecule has 0 N–H and O–H groups in total. The van der Waals surface area contributed by atoms with Crippen LogP contribution in [-0.2, 0) is 10.2 Å². The van der Waals surface area contributed by atoms with E-state index in [2.05, 4.69) is 10.1 Å². The lowest BCUT2D eigenvalue weighted by Crippen LogP contribution is -2.49. The van der Waals surface area contributed by atoms with E-state index >= 15 is 0 Å². The zero-order valence-electron chi connectivity index (χ0n) is 14.3. The molecule has 2 heterocycles. The number of carbonyl (C=O) groups excluding carboxylic acids is 1. The number of amides is 1. The summed E-state index contributed by atoms with van der Waals surface area (Å²) >= 11 is 0. The number of hydrogen-bond acceptors (Lipinski definition) is 3. The van der Waals surface area contributed by atoms with Gasteiger partial charge in [-0.1, -0.05) is 25.0 Å². The average Bonchev–Trinajstić information content (AvgIpc) is 3.34. The van der Waals surface area contributed by atoms with Gasteiger partial charge >= 0.3 is 0 Å². The Bertz CT molecular complexity index is 740. The molecule has 1 saturated carbocycles. The lowest BCUT2D eigenvalue weighted by Gasteiger charge is -2.39. The van der Waals surface area contributed by atoms with Crippen molar-refractivity contribution in [2.45, 2.75) is 50.0 Å². The van der Waals surface area contributed by atoms with Crippen molar-refractivity contribution in [2.24, 2.45) is 0 Å². The van der Waals surface area contributed by atoms with E-state index in [1.165, 1.54) is 12.4 Å². The van der Waals surface area contributed by atoms with Crippen LogP contribution in [0.4, 0.5) is 4.39 Å². The molecule has 1 aliphatic heterocycles. The fourth-order valence-electron chi connectivity index (χ4n) is 4.45. The number of halogens is 1. The first-order valence-electron chi connectivity index (χ1n) is 9.09. The standard InChI is InChI=1S/C19H23FN4O/c20-16-6-3-5-15(11-16)19(8-1-2-9-19)18(25)23-10-4-7-17(12-23)24-14-21-13-22-24/h3,5-6,11,13-14,17H,1-2,4,7-10,12H2/t17-/m0/s1. The van der Waals surface area contributed by atoms with E-state index in [4.69, 9.17) is 0 Å². The van der Waals surface area contributed by atoms with Crippen molar-refractivity contribution in [3.8, 4) is 0 Å². The molecule has 1 aromatic heterocycles. The summed E-state index contributed by atoms with van der Waals surface area (Å²) in [5.74, 6) is -0.115. The lowest BCUT2D eigenvalue weighted by molar-refractivity contribution is -0.139. The van der Waals surface area contributed by atoms with Crippen LogP contribution in [0.3, 0.4) is 0 Å². The maximum atomic E-state index is 13.8. The van der Waals surface area contributed by atoms with Crippen LogP contribution in [0.1, 0.15) is 50.1 Å². The summed E-state index contributed by atoms with van der Waals surface area (Å²) in [7, 11) is 0. The van der Waals surface area contributed by atoms with E-state index < -0.39 is 5.41 Å². The van der Waals surface area contributed by atoms with Gasteiger partial charge in [0, 0.05) is 13.1 Å². The van der Waals surface area contributed by atoms with Crippen molar-refractivity contribution in [3.63, 3.8) is 0 Å². The molecule has 0 bridgehead atoms. The maximum absolute atomic E-state index is 13.8. The number of likely N-dealkylation sites (tertiary alicyclic amines) is 1. The highest BCUT2D eigenvalue weighted by molar-refractivity contribution is 5.88. The van der Waals surface area contributed by atoms with Crippen LogP contribution in [0.15, 0.2) is 36.9 Å². The van der Waals surface area contributed by atoms with E-state index in [0.29, 0.717) is 6.54 Å². The van der Waals surface area contributed by atoms with Gasteiger partial charge in [0.25, 0.3) is 0 Å². The molecular formula is C19H23FN4O. The van der Waals surface area contributed by atoms with E-state index in [1.807, 2.05) is 15.6 Å². The van der Waals surface area contributed by atoms with Crippen LogP contribution in [0.2, 0.25) is 0 Å². The Kier molecular flexibility index (Phi) is 4.27. The molecule has 1 aromatic carbocycles. The summed E-state index contributed by atoms with van der Waals surface area (Å²) in [5, 5.41) is 4.24. The SMILES string of the molecule is O=C(N1CCC[C@H](n2cncn2)C1)C1(c2cccc(F)c2)CCCC1. The molecule has 132 valence electrons. The predicted octanol–water partition coefficient (Wildman–Crippen LogP) is 3.09. The highest BCUT2D eigenvalue weighted by atomic mass is 19.1. The summed E-state index contributed by atoms with van der Waals surface area (Å²) in [5.41, 5.74) is 0.268.